The molecule has 3 aromatic rings. The van der Waals surface area contributed by atoms with Gasteiger partial charge in [0.2, 0.25) is 5.91 Å². The van der Waals surface area contributed by atoms with Crippen LogP contribution in [0.25, 0.3) is 10.2 Å². The third kappa shape index (κ3) is 3.56. The van der Waals surface area contributed by atoms with E-state index in [1.807, 2.05) is 0 Å². The standard InChI is InChI=1S/C20H19Cl2N3O2S/c1-10-3-5-13-16(7-10)28-19-18(13)20(27)25(11(2)23-19)9-17(26)24-15-6-4-12(21)8-14(15)22/h4,6,8,10H,3,5,7,9H2,1-2H3,(H,24,26). The number of amides is 1. The smallest absolute Gasteiger partial charge is 0.263 e. The molecule has 4 rings (SSSR count). The maximum absolute atomic E-state index is 13.2. The summed E-state index contributed by atoms with van der Waals surface area (Å²) < 4.78 is 1.44. The van der Waals surface area contributed by atoms with Crippen LogP contribution in [-0.2, 0) is 24.2 Å². The molecule has 146 valence electrons. The van der Waals surface area contributed by atoms with Crippen molar-refractivity contribution in [1.82, 2.24) is 9.55 Å². The highest BCUT2D eigenvalue weighted by Gasteiger charge is 2.24. The summed E-state index contributed by atoms with van der Waals surface area (Å²) >= 11 is 13.6. The number of hydrogen-bond acceptors (Lipinski definition) is 4. The molecule has 1 aliphatic carbocycles. The van der Waals surface area contributed by atoms with Gasteiger partial charge in [-0.05, 0) is 55.9 Å². The number of hydrogen-bond donors (Lipinski definition) is 1. The van der Waals surface area contributed by atoms with Crippen molar-refractivity contribution in [2.75, 3.05) is 5.32 Å². The van der Waals surface area contributed by atoms with E-state index in [1.54, 1.807) is 36.5 Å². The quantitative estimate of drug-likeness (QED) is 0.639. The minimum atomic E-state index is -0.340. The van der Waals surface area contributed by atoms with Crippen LogP contribution >= 0.6 is 34.5 Å². The van der Waals surface area contributed by atoms with E-state index in [-0.39, 0.29) is 18.0 Å². The first kappa shape index (κ1) is 19.4. The average molecular weight is 436 g/mol. The van der Waals surface area contributed by atoms with Gasteiger partial charge in [0.05, 0.1) is 16.1 Å². The third-order valence-electron chi connectivity index (χ3n) is 5.11. The van der Waals surface area contributed by atoms with Crippen molar-refractivity contribution in [2.45, 2.75) is 39.7 Å². The number of aryl methyl sites for hydroxylation is 2. The van der Waals surface area contributed by atoms with E-state index >= 15 is 0 Å². The molecule has 1 aromatic carbocycles. The molecule has 2 aromatic heterocycles. The molecule has 5 nitrogen and oxygen atoms in total. The number of fused-ring (bicyclic) bond motifs is 3. The highest BCUT2D eigenvalue weighted by atomic mass is 35.5. The van der Waals surface area contributed by atoms with Gasteiger partial charge in [-0.1, -0.05) is 30.1 Å². The molecule has 0 fully saturated rings. The fourth-order valence-corrected chi connectivity index (χ4v) is 5.51. The highest BCUT2D eigenvalue weighted by Crippen LogP contribution is 2.35. The lowest BCUT2D eigenvalue weighted by Gasteiger charge is -2.17. The summed E-state index contributed by atoms with van der Waals surface area (Å²) in [6.45, 7) is 3.87. The molecule has 0 saturated carbocycles. The Balaban J connectivity index is 1.67. The van der Waals surface area contributed by atoms with Crippen LogP contribution in [0, 0.1) is 12.8 Å². The second-order valence-corrected chi connectivity index (χ2v) is 9.18. The zero-order chi connectivity index (χ0) is 20.0. The fraction of sp³-hybridized carbons (Fsp3) is 0.350. The summed E-state index contributed by atoms with van der Waals surface area (Å²) in [5.74, 6) is 0.813. The first-order chi connectivity index (χ1) is 13.3. The molecule has 0 spiro atoms. The van der Waals surface area contributed by atoms with Crippen molar-refractivity contribution in [3.05, 3.63) is 54.9 Å². The fourth-order valence-electron chi connectivity index (χ4n) is 3.64. The first-order valence-electron chi connectivity index (χ1n) is 9.10. The van der Waals surface area contributed by atoms with Crippen molar-refractivity contribution in [2.24, 2.45) is 5.92 Å². The van der Waals surface area contributed by atoms with E-state index in [0.29, 0.717) is 32.9 Å². The SMILES string of the molecule is Cc1nc2sc3c(c2c(=O)n1CC(=O)Nc1ccc(Cl)cc1Cl)CCC(C)C3. The van der Waals surface area contributed by atoms with Crippen LogP contribution in [-0.4, -0.2) is 15.5 Å². The predicted molar refractivity (Wildman–Crippen MR) is 115 cm³/mol. The van der Waals surface area contributed by atoms with E-state index in [1.165, 1.54) is 9.44 Å². The summed E-state index contributed by atoms with van der Waals surface area (Å²) in [7, 11) is 0. The zero-order valence-electron chi connectivity index (χ0n) is 15.5. The third-order valence-corrected chi connectivity index (χ3v) is 6.81. The van der Waals surface area contributed by atoms with Gasteiger partial charge in [0.1, 0.15) is 17.2 Å². The molecule has 0 saturated heterocycles. The summed E-state index contributed by atoms with van der Waals surface area (Å²) in [4.78, 5) is 32.4. The minimum absolute atomic E-state index is 0.117. The van der Waals surface area contributed by atoms with Gasteiger partial charge in [0.25, 0.3) is 5.56 Å². The van der Waals surface area contributed by atoms with Crippen molar-refractivity contribution in [3.63, 3.8) is 0 Å². The Morgan fingerprint density at radius 1 is 1.39 bits per heavy atom. The number of halogens is 2. The Morgan fingerprint density at radius 2 is 2.18 bits per heavy atom. The molecule has 1 unspecified atom stereocenters. The molecule has 2 heterocycles. The second kappa shape index (κ2) is 7.50. The van der Waals surface area contributed by atoms with Gasteiger partial charge in [-0.2, -0.15) is 0 Å². The maximum Gasteiger partial charge on any atom is 0.263 e. The average Bonchev–Trinajstić information content (AvgIpc) is 2.98. The van der Waals surface area contributed by atoms with Gasteiger partial charge in [0.15, 0.2) is 0 Å². The van der Waals surface area contributed by atoms with Gasteiger partial charge in [0, 0.05) is 9.90 Å². The number of carbonyl (C=O) groups is 1. The van der Waals surface area contributed by atoms with Gasteiger partial charge in [-0.25, -0.2) is 4.98 Å². The van der Waals surface area contributed by atoms with Crippen molar-refractivity contribution < 1.29 is 4.79 Å². The summed E-state index contributed by atoms with van der Waals surface area (Å²) in [5, 5.41) is 4.25. The number of anilines is 1. The lowest BCUT2D eigenvalue weighted by atomic mass is 9.89. The van der Waals surface area contributed by atoms with Gasteiger partial charge >= 0.3 is 0 Å². The van der Waals surface area contributed by atoms with E-state index in [9.17, 15) is 9.59 Å². The van der Waals surface area contributed by atoms with Crippen LogP contribution in [0.3, 0.4) is 0 Å². The summed E-state index contributed by atoms with van der Waals surface area (Å²) in [6, 6.07) is 4.84. The molecule has 0 radical (unpaired) electrons. The monoisotopic (exact) mass is 435 g/mol. The van der Waals surface area contributed by atoms with Gasteiger partial charge in [-0.3, -0.25) is 14.2 Å². The molecule has 28 heavy (non-hydrogen) atoms. The summed E-state index contributed by atoms with van der Waals surface area (Å²) in [6.07, 6.45) is 2.95. The Labute approximate surface area is 176 Å². The van der Waals surface area contributed by atoms with Gasteiger partial charge < -0.3 is 5.32 Å². The van der Waals surface area contributed by atoms with Crippen molar-refractivity contribution in [1.29, 1.82) is 0 Å². The number of rotatable bonds is 3. The number of carbonyl (C=O) groups excluding carboxylic acids is 1. The lowest BCUT2D eigenvalue weighted by molar-refractivity contribution is -0.116. The molecule has 1 N–H and O–H groups in total. The molecule has 0 bridgehead atoms. The Morgan fingerprint density at radius 3 is 2.93 bits per heavy atom. The molecule has 0 aliphatic heterocycles. The number of benzene rings is 1. The molecule has 8 heteroatoms. The zero-order valence-corrected chi connectivity index (χ0v) is 17.8. The topological polar surface area (TPSA) is 64.0 Å². The van der Waals surface area contributed by atoms with Crippen LogP contribution < -0.4 is 10.9 Å². The molecule has 1 amide bonds. The Hall–Kier alpha value is -1.89. The normalized spacial score (nSPS) is 16.2. The van der Waals surface area contributed by atoms with E-state index in [4.69, 9.17) is 23.2 Å². The minimum Gasteiger partial charge on any atom is -0.323 e. The highest BCUT2D eigenvalue weighted by molar-refractivity contribution is 7.18. The second-order valence-electron chi connectivity index (χ2n) is 7.25. The van der Waals surface area contributed by atoms with Crippen molar-refractivity contribution in [3.8, 4) is 0 Å². The molecular weight excluding hydrogens is 417 g/mol. The number of nitrogens with one attached hydrogen (secondary N) is 1. The number of thiophene rings is 1. The van der Waals surface area contributed by atoms with Gasteiger partial charge in [-0.15, -0.1) is 11.3 Å². The Kier molecular flexibility index (Phi) is 5.21. The largest absolute Gasteiger partial charge is 0.323 e. The van der Waals surface area contributed by atoms with Crippen LogP contribution in [0.5, 0.6) is 0 Å². The van der Waals surface area contributed by atoms with E-state index in [0.717, 1.165) is 29.7 Å². The lowest BCUT2D eigenvalue weighted by Crippen LogP contribution is -2.30. The van der Waals surface area contributed by atoms with Crippen LogP contribution in [0.15, 0.2) is 23.0 Å². The van der Waals surface area contributed by atoms with E-state index in [2.05, 4.69) is 17.2 Å². The number of aromatic nitrogens is 2. The summed E-state index contributed by atoms with van der Waals surface area (Å²) in [5.41, 5.74) is 1.43. The van der Waals surface area contributed by atoms with Crippen molar-refractivity contribution >= 4 is 56.3 Å². The Bertz CT molecular complexity index is 1150. The predicted octanol–water partition coefficient (Wildman–Crippen LogP) is 4.84. The van der Waals surface area contributed by atoms with Crippen LogP contribution in [0.4, 0.5) is 5.69 Å². The molecule has 1 aliphatic rings. The molecule has 1 atom stereocenters. The maximum atomic E-state index is 13.2. The van der Waals surface area contributed by atoms with E-state index < -0.39 is 0 Å². The molecular formula is C20H19Cl2N3O2S. The number of nitrogens with zero attached hydrogens (tertiary/aromatic N) is 2. The van der Waals surface area contributed by atoms with Crippen LogP contribution in [0.1, 0.15) is 29.6 Å². The van der Waals surface area contributed by atoms with Crippen LogP contribution in [0.2, 0.25) is 10.0 Å². The first-order valence-corrected chi connectivity index (χ1v) is 10.7.